The fourth-order valence-electron chi connectivity index (χ4n) is 2.45. The Balaban J connectivity index is 1.97. The van der Waals surface area contributed by atoms with E-state index in [1.807, 2.05) is 6.92 Å². The minimum Gasteiger partial charge on any atom is -0.351 e. The van der Waals surface area contributed by atoms with Crippen LogP contribution in [0.5, 0.6) is 0 Å². The normalized spacial score (nSPS) is 17.4. The SMILES string of the molecule is CC1(NC(=O)Cc2cccc([N+](=O)[O-])c2)CCNCC1. The Labute approximate surface area is 117 Å². The highest BCUT2D eigenvalue weighted by Gasteiger charge is 2.28. The molecule has 1 aliphatic rings. The number of amides is 1. The number of piperidine rings is 1. The molecule has 0 aromatic heterocycles. The minimum absolute atomic E-state index is 0.0170. The van der Waals surface area contributed by atoms with E-state index in [-0.39, 0.29) is 23.6 Å². The van der Waals surface area contributed by atoms with Gasteiger partial charge in [0.1, 0.15) is 0 Å². The van der Waals surface area contributed by atoms with Crippen LogP contribution in [0.3, 0.4) is 0 Å². The molecule has 0 bridgehead atoms. The molecule has 1 aromatic rings. The summed E-state index contributed by atoms with van der Waals surface area (Å²) in [5, 5.41) is 17.0. The number of carbonyl (C=O) groups excluding carboxylic acids is 1. The van der Waals surface area contributed by atoms with Gasteiger partial charge in [0, 0.05) is 17.7 Å². The van der Waals surface area contributed by atoms with Gasteiger partial charge in [-0.2, -0.15) is 0 Å². The molecule has 1 heterocycles. The summed E-state index contributed by atoms with van der Waals surface area (Å²) in [4.78, 5) is 22.3. The molecule has 0 aliphatic carbocycles. The first-order valence-electron chi connectivity index (χ1n) is 6.74. The van der Waals surface area contributed by atoms with Gasteiger partial charge in [0.05, 0.1) is 11.3 Å². The van der Waals surface area contributed by atoms with E-state index in [9.17, 15) is 14.9 Å². The molecule has 1 fully saturated rings. The van der Waals surface area contributed by atoms with E-state index in [2.05, 4.69) is 10.6 Å². The van der Waals surface area contributed by atoms with E-state index in [0.29, 0.717) is 5.56 Å². The molecule has 1 amide bonds. The average Bonchev–Trinajstić information content (AvgIpc) is 2.39. The van der Waals surface area contributed by atoms with Crippen molar-refractivity contribution in [3.8, 4) is 0 Å². The van der Waals surface area contributed by atoms with Crippen LogP contribution in [0.1, 0.15) is 25.3 Å². The summed E-state index contributed by atoms with van der Waals surface area (Å²) >= 11 is 0. The van der Waals surface area contributed by atoms with Gasteiger partial charge in [0.15, 0.2) is 0 Å². The monoisotopic (exact) mass is 277 g/mol. The molecule has 2 N–H and O–H groups in total. The van der Waals surface area contributed by atoms with E-state index in [1.54, 1.807) is 12.1 Å². The lowest BCUT2D eigenvalue weighted by atomic mass is 9.90. The summed E-state index contributed by atoms with van der Waals surface area (Å²) in [6, 6.07) is 6.21. The van der Waals surface area contributed by atoms with Crippen molar-refractivity contribution in [2.24, 2.45) is 0 Å². The van der Waals surface area contributed by atoms with Crippen LogP contribution < -0.4 is 10.6 Å². The first kappa shape index (κ1) is 14.5. The fraction of sp³-hybridized carbons (Fsp3) is 0.500. The van der Waals surface area contributed by atoms with E-state index >= 15 is 0 Å². The van der Waals surface area contributed by atoms with Gasteiger partial charge in [0.2, 0.25) is 5.91 Å². The summed E-state index contributed by atoms with van der Waals surface area (Å²) in [5.41, 5.74) is 0.501. The number of rotatable bonds is 4. The molecule has 2 rings (SSSR count). The number of carbonyl (C=O) groups is 1. The molecular formula is C14H19N3O3. The maximum atomic E-state index is 12.1. The van der Waals surface area contributed by atoms with E-state index in [1.165, 1.54) is 12.1 Å². The second kappa shape index (κ2) is 6.00. The molecule has 0 atom stereocenters. The average molecular weight is 277 g/mol. The van der Waals surface area contributed by atoms with Crippen molar-refractivity contribution in [3.63, 3.8) is 0 Å². The van der Waals surface area contributed by atoms with Crippen LogP contribution in [0.25, 0.3) is 0 Å². The summed E-state index contributed by atoms with van der Waals surface area (Å²) in [6.45, 7) is 3.83. The largest absolute Gasteiger partial charge is 0.351 e. The number of nitro benzene ring substituents is 1. The van der Waals surface area contributed by atoms with Gasteiger partial charge in [-0.3, -0.25) is 14.9 Å². The Bertz CT molecular complexity index is 510. The van der Waals surface area contributed by atoms with E-state index < -0.39 is 4.92 Å². The van der Waals surface area contributed by atoms with Crippen LogP contribution in [0.4, 0.5) is 5.69 Å². The molecule has 20 heavy (non-hydrogen) atoms. The third-order valence-electron chi connectivity index (χ3n) is 3.63. The van der Waals surface area contributed by atoms with Crippen molar-refractivity contribution in [1.29, 1.82) is 0 Å². The molecule has 0 radical (unpaired) electrons. The summed E-state index contributed by atoms with van der Waals surface area (Å²) in [5.74, 6) is -0.0881. The molecule has 1 aliphatic heterocycles. The molecule has 108 valence electrons. The number of hydrogen-bond acceptors (Lipinski definition) is 4. The van der Waals surface area contributed by atoms with Crippen molar-refractivity contribution >= 4 is 11.6 Å². The topological polar surface area (TPSA) is 84.3 Å². The van der Waals surface area contributed by atoms with Crippen molar-refractivity contribution in [1.82, 2.24) is 10.6 Å². The number of hydrogen-bond donors (Lipinski definition) is 2. The van der Waals surface area contributed by atoms with Crippen LogP contribution in [-0.2, 0) is 11.2 Å². The molecule has 6 nitrogen and oxygen atoms in total. The Kier molecular flexibility index (Phi) is 4.34. The fourth-order valence-corrected chi connectivity index (χ4v) is 2.45. The Morgan fingerprint density at radius 1 is 1.45 bits per heavy atom. The molecule has 0 spiro atoms. The second-order valence-electron chi connectivity index (χ2n) is 5.46. The minimum atomic E-state index is -0.449. The number of nitrogens with one attached hydrogen (secondary N) is 2. The standard InChI is InChI=1S/C14H19N3O3/c1-14(5-7-15-8-6-14)16-13(18)10-11-3-2-4-12(9-11)17(19)20/h2-4,9,15H,5-8,10H2,1H3,(H,16,18). The zero-order valence-electron chi connectivity index (χ0n) is 11.5. The number of benzene rings is 1. The van der Waals surface area contributed by atoms with Crippen LogP contribution in [0.2, 0.25) is 0 Å². The zero-order valence-corrected chi connectivity index (χ0v) is 11.5. The van der Waals surface area contributed by atoms with E-state index in [0.717, 1.165) is 25.9 Å². The number of nitrogens with zero attached hydrogens (tertiary/aromatic N) is 1. The van der Waals surface area contributed by atoms with Crippen molar-refractivity contribution in [2.75, 3.05) is 13.1 Å². The van der Waals surface area contributed by atoms with Crippen molar-refractivity contribution in [2.45, 2.75) is 31.7 Å². The Morgan fingerprint density at radius 3 is 2.80 bits per heavy atom. The second-order valence-corrected chi connectivity index (χ2v) is 5.46. The predicted octanol–water partition coefficient (Wildman–Crippen LogP) is 1.40. The maximum Gasteiger partial charge on any atom is 0.269 e. The zero-order chi connectivity index (χ0) is 14.6. The predicted molar refractivity (Wildman–Crippen MR) is 75.5 cm³/mol. The first-order valence-corrected chi connectivity index (χ1v) is 6.74. The van der Waals surface area contributed by atoms with Crippen molar-refractivity contribution in [3.05, 3.63) is 39.9 Å². The Hall–Kier alpha value is -1.95. The van der Waals surface area contributed by atoms with Crippen molar-refractivity contribution < 1.29 is 9.72 Å². The van der Waals surface area contributed by atoms with Gasteiger partial charge in [-0.25, -0.2) is 0 Å². The smallest absolute Gasteiger partial charge is 0.269 e. The first-order chi connectivity index (χ1) is 9.48. The van der Waals surface area contributed by atoms with Gasteiger partial charge < -0.3 is 10.6 Å². The molecule has 1 aromatic carbocycles. The lowest BCUT2D eigenvalue weighted by Gasteiger charge is -2.35. The lowest BCUT2D eigenvalue weighted by molar-refractivity contribution is -0.384. The Morgan fingerprint density at radius 2 is 2.15 bits per heavy atom. The highest BCUT2D eigenvalue weighted by atomic mass is 16.6. The molecular weight excluding hydrogens is 258 g/mol. The summed E-state index contributed by atoms with van der Waals surface area (Å²) < 4.78 is 0. The van der Waals surface area contributed by atoms with Gasteiger partial charge in [0.25, 0.3) is 5.69 Å². The molecule has 0 unspecified atom stereocenters. The van der Waals surface area contributed by atoms with Gasteiger partial charge in [-0.1, -0.05) is 12.1 Å². The lowest BCUT2D eigenvalue weighted by Crippen LogP contribution is -2.52. The maximum absolute atomic E-state index is 12.1. The van der Waals surface area contributed by atoms with Crippen LogP contribution >= 0.6 is 0 Å². The third-order valence-corrected chi connectivity index (χ3v) is 3.63. The van der Waals surface area contributed by atoms with Gasteiger partial charge >= 0.3 is 0 Å². The molecule has 0 saturated carbocycles. The van der Waals surface area contributed by atoms with Gasteiger partial charge in [-0.05, 0) is 38.4 Å². The molecule has 6 heteroatoms. The summed E-state index contributed by atoms with van der Waals surface area (Å²) in [6.07, 6.45) is 1.96. The number of nitro groups is 1. The van der Waals surface area contributed by atoms with Crippen LogP contribution in [0.15, 0.2) is 24.3 Å². The number of non-ortho nitro benzene ring substituents is 1. The highest BCUT2D eigenvalue weighted by Crippen LogP contribution is 2.18. The highest BCUT2D eigenvalue weighted by molar-refractivity contribution is 5.79. The third kappa shape index (κ3) is 3.77. The van der Waals surface area contributed by atoms with Gasteiger partial charge in [-0.15, -0.1) is 0 Å². The molecule has 1 saturated heterocycles. The quantitative estimate of drug-likeness (QED) is 0.643. The van der Waals surface area contributed by atoms with Crippen LogP contribution in [0, 0.1) is 10.1 Å². The summed E-state index contributed by atoms with van der Waals surface area (Å²) in [7, 11) is 0. The van der Waals surface area contributed by atoms with Crippen LogP contribution in [-0.4, -0.2) is 29.5 Å². The van der Waals surface area contributed by atoms with E-state index in [4.69, 9.17) is 0 Å².